The van der Waals surface area contributed by atoms with Crippen LogP contribution in [0.2, 0.25) is 0 Å². The van der Waals surface area contributed by atoms with Crippen molar-refractivity contribution in [2.24, 2.45) is 0 Å². The summed E-state index contributed by atoms with van der Waals surface area (Å²) in [5, 5.41) is 12.6. The van der Waals surface area contributed by atoms with Crippen LogP contribution in [0.4, 0.5) is 4.79 Å². The summed E-state index contributed by atoms with van der Waals surface area (Å²) in [5.74, 6) is 3.09. The lowest BCUT2D eigenvalue weighted by atomic mass is 9.98. The van der Waals surface area contributed by atoms with Crippen LogP contribution in [0.5, 0.6) is 23.0 Å². The molecule has 0 radical (unpaired) electrons. The molecule has 3 rings (SSSR count). The van der Waals surface area contributed by atoms with Gasteiger partial charge in [-0.2, -0.15) is 0 Å². The zero-order valence-electron chi connectivity index (χ0n) is 23.2. The predicted molar refractivity (Wildman–Crippen MR) is 148 cm³/mol. The maximum absolute atomic E-state index is 12.1. The minimum atomic E-state index is -0.601. The van der Waals surface area contributed by atoms with Gasteiger partial charge in [-0.05, 0) is 99.2 Å². The molecule has 3 aromatic carbocycles. The standard InChI is InChI=1S/C31H39NO6/c1-7-24-17-23(18-25(19-33)32-30(34)38-31(3,4)5)16-21(2)29(24)37-28-14-12-27(13-15-28)36-20-22-8-10-26(35-6)11-9-22/h8-17,25,33H,7,18-20H2,1-6H3,(H,32,34). The topological polar surface area (TPSA) is 86.3 Å². The molecule has 1 atom stereocenters. The Morgan fingerprint density at radius 3 is 2.16 bits per heavy atom. The fourth-order valence-corrected chi connectivity index (χ4v) is 3.98. The number of nitrogens with one attached hydrogen (secondary N) is 1. The molecule has 0 aliphatic heterocycles. The number of amides is 1. The number of benzene rings is 3. The number of aliphatic hydroxyl groups excluding tert-OH is 1. The monoisotopic (exact) mass is 521 g/mol. The number of hydrogen-bond donors (Lipinski definition) is 2. The van der Waals surface area contributed by atoms with Gasteiger partial charge in [-0.25, -0.2) is 4.79 Å². The zero-order chi connectivity index (χ0) is 27.7. The van der Waals surface area contributed by atoms with Gasteiger partial charge in [0.05, 0.1) is 19.8 Å². The first-order valence-electron chi connectivity index (χ1n) is 12.9. The summed E-state index contributed by atoms with van der Waals surface area (Å²) in [4.78, 5) is 12.1. The lowest BCUT2D eigenvalue weighted by molar-refractivity contribution is 0.0483. The van der Waals surface area contributed by atoms with E-state index in [0.29, 0.717) is 18.8 Å². The number of aryl methyl sites for hydroxylation is 2. The summed E-state index contributed by atoms with van der Waals surface area (Å²) in [5.41, 5.74) is 3.49. The third-order valence-electron chi connectivity index (χ3n) is 5.82. The number of hydrogen-bond acceptors (Lipinski definition) is 6. The van der Waals surface area contributed by atoms with Gasteiger partial charge in [0.2, 0.25) is 0 Å². The van der Waals surface area contributed by atoms with E-state index >= 15 is 0 Å². The molecule has 0 fully saturated rings. The first-order valence-corrected chi connectivity index (χ1v) is 12.9. The van der Waals surface area contributed by atoms with Gasteiger partial charge in [0.1, 0.15) is 35.2 Å². The maximum Gasteiger partial charge on any atom is 0.407 e. The van der Waals surface area contributed by atoms with E-state index in [1.54, 1.807) is 27.9 Å². The summed E-state index contributed by atoms with van der Waals surface area (Å²) < 4.78 is 22.7. The van der Waals surface area contributed by atoms with Gasteiger partial charge in [-0.1, -0.05) is 31.2 Å². The molecule has 0 heterocycles. The predicted octanol–water partition coefficient (Wildman–Crippen LogP) is 6.37. The van der Waals surface area contributed by atoms with E-state index in [1.165, 1.54) is 0 Å². The van der Waals surface area contributed by atoms with Crippen molar-refractivity contribution in [3.63, 3.8) is 0 Å². The van der Waals surface area contributed by atoms with E-state index in [0.717, 1.165) is 45.9 Å². The first kappa shape index (κ1) is 28.9. The number of carbonyl (C=O) groups is 1. The lowest BCUT2D eigenvalue weighted by Gasteiger charge is -2.23. The average Bonchev–Trinajstić information content (AvgIpc) is 2.88. The largest absolute Gasteiger partial charge is 0.497 e. The fraction of sp³-hybridized carbons (Fsp3) is 0.387. The molecule has 204 valence electrons. The molecule has 0 saturated carbocycles. The van der Waals surface area contributed by atoms with E-state index in [-0.39, 0.29) is 6.61 Å². The molecule has 1 unspecified atom stereocenters. The van der Waals surface area contributed by atoms with E-state index in [4.69, 9.17) is 18.9 Å². The molecule has 7 heteroatoms. The number of aliphatic hydroxyl groups is 1. The molecular weight excluding hydrogens is 482 g/mol. The second kappa shape index (κ2) is 13.2. The Hall–Kier alpha value is -3.71. The van der Waals surface area contributed by atoms with Crippen LogP contribution in [0, 0.1) is 6.92 Å². The van der Waals surface area contributed by atoms with Crippen molar-refractivity contribution in [2.75, 3.05) is 13.7 Å². The highest BCUT2D eigenvalue weighted by Crippen LogP contribution is 2.32. The van der Waals surface area contributed by atoms with Crippen molar-refractivity contribution < 1.29 is 28.8 Å². The number of alkyl carbamates (subject to hydrolysis) is 1. The normalized spacial score (nSPS) is 12.0. The van der Waals surface area contributed by atoms with Crippen molar-refractivity contribution in [3.05, 3.63) is 82.9 Å². The van der Waals surface area contributed by atoms with Crippen LogP contribution in [0.15, 0.2) is 60.7 Å². The van der Waals surface area contributed by atoms with Crippen molar-refractivity contribution >= 4 is 6.09 Å². The van der Waals surface area contributed by atoms with Crippen LogP contribution in [-0.4, -0.2) is 36.6 Å². The Morgan fingerprint density at radius 2 is 1.58 bits per heavy atom. The quantitative estimate of drug-likeness (QED) is 0.305. The van der Waals surface area contributed by atoms with E-state index < -0.39 is 17.7 Å². The third-order valence-corrected chi connectivity index (χ3v) is 5.82. The van der Waals surface area contributed by atoms with Gasteiger partial charge in [0.15, 0.2) is 0 Å². The minimum Gasteiger partial charge on any atom is -0.497 e. The van der Waals surface area contributed by atoms with Crippen LogP contribution in [0.1, 0.15) is 49.9 Å². The Bertz CT molecular complexity index is 1180. The molecule has 0 aliphatic carbocycles. The van der Waals surface area contributed by atoms with Crippen LogP contribution >= 0.6 is 0 Å². The van der Waals surface area contributed by atoms with Gasteiger partial charge in [0, 0.05) is 0 Å². The number of methoxy groups -OCH3 is 1. The second-order valence-electron chi connectivity index (χ2n) is 10.2. The SMILES string of the molecule is CCc1cc(CC(CO)NC(=O)OC(C)(C)C)cc(C)c1Oc1ccc(OCc2ccc(OC)cc2)cc1. The maximum atomic E-state index is 12.1. The van der Waals surface area contributed by atoms with Crippen LogP contribution < -0.4 is 19.5 Å². The van der Waals surface area contributed by atoms with Crippen LogP contribution in [-0.2, 0) is 24.2 Å². The molecule has 38 heavy (non-hydrogen) atoms. The summed E-state index contributed by atoms with van der Waals surface area (Å²) >= 11 is 0. The summed E-state index contributed by atoms with van der Waals surface area (Å²) in [6.45, 7) is 9.76. The first-order chi connectivity index (χ1) is 18.1. The Balaban J connectivity index is 1.64. The Kier molecular flexibility index (Phi) is 10.0. The van der Waals surface area contributed by atoms with Gasteiger partial charge >= 0.3 is 6.09 Å². The third kappa shape index (κ3) is 8.70. The van der Waals surface area contributed by atoms with Gasteiger partial charge in [0.25, 0.3) is 0 Å². The molecule has 3 aromatic rings. The van der Waals surface area contributed by atoms with E-state index in [2.05, 4.69) is 18.3 Å². The smallest absolute Gasteiger partial charge is 0.407 e. The van der Waals surface area contributed by atoms with Gasteiger partial charge in [-0.15, -0.1) is 0 Å². The Labute approximate surface area is 225 Å². The van der Waals surface area contributed by atoms with Crippen LogP contribution in [0.25, 0.3) is 0 Å². The molecular formula is C31H39NO6. The number of rotatable bonds is 11. The van der Waals surface area contributed by atoms with Gasteiger partial charge < -0.3 is 29.4 Å². The molecule has 0 aromatic heterocycles. The van der Waals surface area contributed by atoms with Gasteiger partial charge in [-0.3, -0.25) is 0 Å². The van der Waals surface area contributed by atoms with Crippen molar-refractivity contribution in [1.29, 1.82) is 0 Å². The Morgan fingerprint density at radius 1 is 0.947 bits per heavy atom. The number of carbonyl (C=O) groups excluding carboxylic acids is 1. The van der Waals surface area contributed by atoms with Crippen molar-refractivity contribution in [1.82, 2.24) is 5.32 Å². The highest BCUT2D eigenvalue weighted by Gasteiger charge is 2.20. The molecule has 7 nitrogen and oxygen atoms in total. The van der Waals surface area contributed by atoms with Crippen LogP contribution in [0.3, 0.4) is 0 Å². The summed E-state index contributed by atoms with van der Waals surface area (Å²) in [6.07, 6.45) is 0.709. The number of ether oxygens (including phenoxy) is 4. The zero-order valence-corrected chi connectivity index (χ0v) is 23.2. The highest BCUT2D eigenvalue weighted by atomic mass is 16.6. The molecule has 0 saturated heterocycles. The molecule has 0 spiro atoms. The van der Waals surface area contributed by atoms with Crippen molar-refractivity contribution in [3.8, 4) is 23.0 Å². The molecule has 2 N–H and O–H groups in total. The molecule has 0 bridgehead atoms. The average molecular weight is 522 g/mol. The lowest BCUT2D eigenvalue weighted by Crippen LogP contribution is -2.42. The molecule has 0 aliphatic rings. The molecule has 1 amide bonds. The van der Waals surface area contributed by atoms with Crippen molar-refractivity contribution in [2.45, 2.75) is 65.7 Å². The minimum absolute atomic E-state index is 0.190. The highest BCUT2D eigenvalue weighted by molar-refractivity contribution is 5.68. The summed E-state index contributed by atoms with van der Waals surface area (Å²) in [6, 6.07) is 19.0. The van der Waals surface area contributed by atoms with E-state index in [9.17, 15) is 9.90 Å². The van der Waals surface area contributed by atoms with E-state index in [1.807, 2.05) is 61.5 Å². The second-order valence-corrected chi connectivity index (χ2v) is 10.2. The fourth-order valence-electron chi connectivity index (χ4n) is 3.98. The summed E-state index contributed by atoms with van der Waals surface area (Å²) in [7, 11) is 1.65.